The Bertz CT molecular complexity index is 1230. The average molecular weight is 610 g/mol. The van der Waals surface area contributed by atoms with E-state index in [-0.39, 0.29) is 5.57 Å². The van der Waals surface area contributed by atoms with Gasteiger partial charge >= 0.3 is 141 Å². The Morgan fingerprint density at radius 3 is 1.34 bits per heavy atom. The molecule has 0 aliphatic rings. The standard InChI is InChI=1S/C11H10N2O3.3C7H7.Sn/c1-8(7-14)10(15)12-13-11(16)9-5-3-2-4-6-9;3*1-7-5-3-2-4-6-7;/h2-6H,1H3,(H,12,15)(H,13,16);3*2-6H,1H2;. The van der Waals surface area contributed by atoms with Gasteiger partial charge in [0, 0.05) is 5.56 Å². The van der Waals surface area contributed by atoms with Gasteiger partial charge in [0.05, 0.1) is 5.57 Å². The van der Waals surface area contributed by atoms with E-state index in [1.54, 1.807) is 30.3 Å². The van der Waals surface area contributed by atoms with Crippen LogP contribution in [-0.4, -0.2) is 37.5 Å². The number of benzene rings is 4. The van der Waals surface area contributed by atoms with Crippen LogP contribution in [0.5, 0.6) is 0 Å². The normalized spacial score (nSPS) is 9.95. The van der Waals surface area contributed by atoms with E-state index < -0.39 is 31.6 Å². The van der Waals surface area contributed by atoms with E-state index >= 15 is 0 Å². The summed E-state index contributed by atoms with van der Waals surface area (Å²) < 4.78 is 3.98. The van der Waals surface area contributed by atoms with Crippen molar-refractivity contribution in [2.45, 2.75) is 20.2 Å². The molecule has 0 fully saturated rings. The molecule has 38 heavy (non-hydrogen) atoms. The third-order valence-corrected chi connectivity index (χ3v) is 13.5. The van der Waals surface area contributed by atoms with Gasteiger partial charge in [-0.2, -0.15) is 0 Å². The van der Waals surface area contributed by atoms with Crippen LogP contribution in [0.15, 0.2) is 127 Å². The number of carbonyl (C=O) groups is 2. The molecular weight excluding hydrogens is 579 g/mol. The van der Waals surface area contributed by atoms with Crippen LogP contribution in [0.25, 0.3) is 0 Å². The van der Waals surface area contributed by atoms with E-state index in [0.29, 0.717) is 5.56 Å². The fourth-order valence-electron chi connectivity index (χ4n) is 3.76. The van der Waals surface area contributed by atoms with Crippen LogP contribution in [0.4, 0.5) is 0 Å². The Balaban J connectivity index is 0.000000223. The third-order valence-electron chi connectivity index (χ3n) is 5.71. The molecule has 2 N–H and O–H groups in total. The minimum absolute atomic E-state index is 0.131. The molecule has 0 saturated heterocycles. The molecule has 5 nitrogen and oxygen atoms in total. The van der Waals surface area contributed by atoms with E-state index in [2.05, 4.69) is 102 Å². The Morgan fingerprint density at radius 2 is 0.974 bits per heavy atom. The monoisotopic (exact) mass is 611 g/mol. The van der Waals surface area contributed by atoms with Gasteiger partial charge in [0.1, 0.15) is 5.94 Å². The van der Waals surface area contributed by atoms with Crippen LogP contribution in [0, 0.1) is 0 Å². The second kappa shape index (κ2) is 16.0. The van der Waals surface area contributed by atoms with Crippen LogP contribution in [0.3, 0.4) is 0 Å². The maximum atomic E-state index is 11.4. The summed E-state index contributed by atoms with van der Waals surface area (Å²) in [4.78, 5) is 32.6. The van der Waals surface area contributed by atoms with Gasteiger partial charge in [-0.15, -0.1) is 0 Å². The zero-order valence-corrected chi connectivity index (χ0v) is 24.2. The summed E-state index contributed by atoms with van der Waals surface area (Å²) in [5.41, 5.74) is 9.10. The molecule has 0 aromatic heterocycles. The first-order chi connectivity index (χ1) is 18.5. The Labute approximate surface area is 231 Å². The second-order valence-electron chi connectivity index (χ2n) is 8.74. The predicted molar refractivity (Wildman–Crippen MR) is 153 cm³/mol. The van der Waals surface area contributed by atoms with Crippen molar-refractivity contribution in [3.8, 4) is 0 Å². The molecule has 0 unspecified atom stereocenters. The maximum absolute atomic E-state index is 11.4. The molecule has 0 spiro atoms. The van der Waals surface area contributed by atoms with Crippen LogP contribution >= 0.6 is 0 Å². The summed E-state index contributed by atoms with van der Waals surface area (Å²) in [6.07, 6.45) is 0. The van der Waals surface area contributed by atoms with E-state index in [4.69, 9.17) is 0 Å². The van der Waals surface area contributed by atoms with E-state index in [1.165, 1.54) is 42.9 Å². The molecule has 0 aliphatic heterocycles. The van der Waals surface area contributed by atoms with Gasteiger partial charge in [0.15, 0.2) is 0 Å². The molecule has 6 heteroatoms. The average Bonchev–Trinajstić information content (AvgIpc) is 2.97. The molecule has 1 radical (unpaired) electrons. The first-order valence-corrected chi connectivity index (χ1v) is 18.4. The Morgan fingerprint density at radius 1 is 0.605 bits per heavy atom. The molecule has 4 rings (SSSR count). The number of hydrazine groups is 1. The molecule has 0 saturated carbocycles. The van der Waals surface area contributed by atoms with Crippen molar-refractivity contribution >= 4 is 37.5 Å². The number of carbonyl (C=O) groups excluding carboxylic acids is 3. The summed E-state index contributed by atoms with van der Waals surface area (Å²) in [5.74, 6) is 0.299. The summed E-state index contributed by atoms with van der Waals surface area (Å²) in [7, 11) is 0. The quantitative estimate of drug-likeness (QED) is 0.127. The number of nitrogens with one attached hydrogen (secondary N) is 2. The van der Waals surface area contributed by atoms with E-state index in [0.717, 1.165) is 0 Å². The summed E-state index contributed by atoms with van der Waals surface area (Å²) in [6, 6.07) is 41.5. The van der Waals surface area contributed by atoms with Crippen molar-refractivity contribution in [2.75, 3.05) is 0 Å². The summed E-state index contributed by atoms with van der Waals surface area (Å²) in [6.45, 7) is 1.30. The molecule has 0 atom stereocenters. The van der Waals surface area contributed by atoms with Crippen LogP contribution < -0.4 is 10.9 Å². The molecule has 0 heterocycles. The number of hydrogen-bond donors (Lipinski definition) is 2. The predicted octanol–water partition coefficient (Wildman–Crippen LogP) is 5.05. The van der Waals surface area contributed by atoms with Gasteiger partial charge in [-0.25, -0.2) is 4.79 Å². The van der Waals surface area contributed by atoms with Crippen molar-refractivity contribution in [3.63, 3.8) is 0 Å². The van der Waals surface area contributed by atoms with Gasteiger partial charge < -0.3 is 0 Å². The van der Waals surface area contributed by atoms with Gasteiger partial charge in [-0.1, -0.05) is 18.2 Å². The minimum atomic E-state index is -1.56. The molecule has 2 amide bonds. The van der Waals surface area contributed by atoms with Crippen LogP contribution in [0.2, 0.25) is 0 Å². The van der Waals surface area contributed by atoms with Crippen molar-refractivity contribution < 1.29 is 14.4 Å². The number of amides is 2. The van der Waals surface area contributed by atoms with Crippen molar-refractivity contribution in [1.82, 2.24) is 10.9 Å². The third kappa shape index (κ3) is 10.2. The molecule has 4 aromatic carbocycles. The van der Waals surface area contributed by atoms with Crippen molar-refractivity contribution in [3.05, 3.63) is 149 Å². The summed E-state index contributed by atoms with van der Waals surface area (Å²) >= 11 is -1.56. The van der Waals surface area contributed by atoms with Crippen LogP contribution in [0.1, 0.15) is 34.0 Å². The molecule has 0 bridgehead atoms. The Hall–Kier alpha value is -3.93. The second-order valence-corrected chi connectivity index (χ2v) is 16.0. The zero-order valence-electron chi connectivity index (χ0n) is 21.4. The topological polar surface area (TPSA) is 75.3 Å². The first-order valence-electron chi connectivity index (χ1n) is 12.4. The molecule has 191 valence electrons. The fraction of sp³-hybridized carbons (Fsp3) is 0.125. The van der Waals surface area contributed by atoms with Gasteiger partial charge in [-0.3, -0.25) is 20.4 Å². The van der Waals surface area contributed by atoms with Crippen molar-refractivity contribution in [1.29, 1.82) is 0 Å². The van der Waals surface area contributed by atoms with E-state index in [1.807, 2.05) is 0 Å². The fourth-order valence-corrected chi connectivity index (χ4v) is 11.8. The van der Waals surface area contributed by atoms with Gasteiger partial charge in [-0.05, 0) is 19.1 Å². The molecule has 4 aromatic rings. The van der Waals surface area contributed by atoms with Gasteiger partial charge in [0.2, 0.25) is 0 Å². The zero-order chi connectivity index (χ0) is 27.0. The summed E-state index contributed by atoms with van der Waals surface area (Å²) in [5, 5.41) is 0. The SMILES string of the molecule is CC(=C=O)C(=O)NNC(=O)c1ccccc1.c1ccc([CH2][Sn]([CH2]c2ccccc2)[CH2]c2ccccc2)cc1. The molecular formula is C32H31N2O3Sn. The van der Waals surface area contributed by atoms with E-state index in [9.17, 15) is 14.4 Å². The van der Waals surface area contributed by atoms with Crippen molar-refractivity contribution in [2.24, 2.45) is 0 Å². The molecule has 0 aliphatic carbocycles. The number of rotatable bonds is 8. The van der Waals surface area contributed by atoms with Gasteiger partial charge in [0.25, 0.3) is 11.8 Å². The first kappa shape index (κ1) is 28.6. The number of hydrogen-bond acceptors (Lipinski definition) is 3. The van der Waals surface area contributed by atoms with Crippen LogP contribution in [-0.2, 0) is 22.9 Å². The Kier molecular flexibility index (Phi) is 12.1.